The van der Waals surface area contributed by atoms with Crippen molar-refractivity contribution in [3.05, 3.63) is 44.8 Å². The van der Waals surface area contributed by atoms with Crippen LogP contribution in [0.3, 0.4) is 0 Å². The number of hydrogen-bond acceptors (Lipinski definition) is 5. The Morgan fingerprint density at radius 3 is 2.04 bits per heavy atom. The van der Waals surface area contributed by atoms with Gasteiger partial charge in [0.1, 0.15) is 0 Å². The average molecular weight is 367 g/mol. The second-order valence-corrected chi connectivity index (χ2v) is 8.82. The predicted molar refractivity (Wildman–Crippen MR) is 97.1 cm³/mol. The molecular weight excluding hydrogens is 342 g/mol. The van der Waals surface area contributed by atoms with Crippen molar-refractivity contribution in [3.63, 3.8) is 0 Å². The molecule has 2 aromatic heterocycles. The molecule has 0 aromatic carbocycles. The number of quaternary nitrogens is 1. The van der Waals surface area contributed by atoms with Gasteiger partial charge in [0.05, 0.1) is 49.8 Å². The first kappa shape index (κ1) is 17.6. The molecule has 0 aliphatic carbocycles. The molecule has 0 saturated carbocycles. The smallest absolute Gasteiger partial charge is 0.352 e. The van der Waals surface area contributed by atoms with Crippen LogP contribution in [0.15, 0.2) is 35.0 Å². The molecule has 2 saturated heterocycles. The molecule has 130 valence electrons. The maximum Gasteiger partial charge on any atom is 0.352 e. The number of carbonyl (C=O) groups is 1. The molecule has 4 nitrogen and oxygen atoms in total. The van der Waals surface area contributed by atoms with Crippen molar-refractivity contribution < 1.29 is 18.8 Å². The van der Waals surface area contributed by atoms with E-state index >= 15 is 0 Å². The number of nitrogens with zero attached hydrogens (tertiary/aromatic N) is 1. The van der Waals surface area contributed by atoms with Gasteiger partial charge < -0.3 is 14.0 Å². The Labute approximate surface area is 151 Å². The molecule has 4 heterocycles. The topological polar surface area (TPSA) is 35.5 Å². The van der Waals surface area contributed by atoms with E-state index in [1.165, 1.54) is 0 Å². The number of hydrogen-bond donors (Lipinski definition) is 0. The summed E-state index contributed by atoms with van der Waals surface area (Å²) in [5, 5.41) is 3.96. The van der Waals surface area contributed by atoms with E-state index in [0.29, 0.717) is 0 Å². The van der Waals surface area contributed by atoms with Gasteiger partial charge in [0.25, 0.3) is 0 Å². The van der Waals surface area contributed by atoms with Crippen LogP contribution < -0.4 is 0 Å². The number of esters is 1. The molecule has 2 aliphatic heterocycles. The van der Waals surface area contributed by atoms with Crippen molar-refractivity contribution in [3.8, 4) is 0 Å². The highest BCUT2D eigenvalue weighted by atomic mass is 32.1. The second-order valence-electron chi connectivity index (χ2n) is 6.92. The van der Waals surface area contributed by atoms with Crippen LogP contribution in [0.25, 0.3) is 0 Å². The molecule has 24 heavy (non-hydrogen) atoms. The summed E-state index contributed by atoms with van der Waals surface area (Å²) in [5.74, 6) is -1.05. The first-order chi connectivity index (χ1) is 11.0. The fourth-order valence-corrected chi connectivity index (χ4v) is 5.14. The third-order valence-electron chi connectivity index (χ3n) is 4.84. The van der Waals surface area contributed by atoms with Gasteiger partial charge in [-0.2, -0.15) is 0 Å². The van der Waals surface area contributed by atoms with Gasteiger partial charge in [-0.1, -0.05) is 19.6 Å². The number of piperidine rings is 1. The highest BCUT2D eigenvalue weighted by Crippen LogP contribution is 2.51. The predicted octanol–water partition coefficient (Wildman–Crippen LogP) is 3.83. The lowest BCUT2D eigenvalue weighted by Gasteiger charge is -2.41. The van der Waals surface area contributed by atoms with Crippen molar-refractivity contribution >= 4 is 28.6 Å². The average Bonchev–Trinajstić information content (AvgIpc) is 3.24. The summed E-state index contributed by atoms with van der Waals surface area (Å²) in [5.41, 5.74) is -1.09. The zero-order valence-electron chi connectivity index (χ0n) is 13.3. The quantitative estimate of drug-likeness (QED) is 0.599. The van der Waals surface area contributed by atoms with Crippen LogP contribution in [0.5, 0.6) is 0 Å². The van der Waals surface area contributed by atoms with E-state index in [-0.39, 0.29) is 13.4 Å². The molecule has 1 spiro atoms. The van der Waals surface area contributed by atoms with Crippen LogP contribution in [0.2, 0.25) is 0 Å². The van der Waals surface area contributed by atoms with Gasteiger partial charge in [-0.3, -0.25) is 0 Å². The zero-order chi connectivity index (χ0) is 16.1. The normalized spacial score (nSPS) is 23.7. The molecule has 2 aliphatic rings. The van der Waals surface area contributed by atoms with Gasteiger partial charge >= 0.3 is 5.97 Å². The number of rotatable bonds is 2. The lowest BCUT2D eigenvalue weighted by Crippen LogP contribution is -2.53. The Morgan fingerprint density at radius 2 is 1.58 bits per heavy atom. The lowest BCUT2D eigenvalue weighted by atomic mass is 9.99. The highest BCUT2D eigenvalue weighted by molar-refractivity contribution is 7.12. The van der Waals surface area contributed by atoms with Gasteiger partial charge in [0, 0.05) is 0 Å². The van der Waals surface area contributed by atoms with E-state index in [2.05, 4.69) is 14.1 Å². The van der Waals surface area contributed by atoms with Crippen LogP contribution in [0.1, 0.15) is 30.0 Å². The van der Waals surface area contributed by atoms with Crippen molar-refractivity contribution in [2.45, 2.75) is 31.7 Å². The second kappa shape index (κ2) is 5.95. The van der Waals surface area contributed by atoms with Crippen LogP contribution >= 0.6 is 22.7 Å². The molecule has 0 amide bonds. The summed E-state index contributed by atoms with van der Waals surface area (Å²) in [7, 11) is 4.41. The van der Waals surface area contributed by atoms with Gasteiger partial charge in [-0.05, 0) is 22.9 Å². The number of carbonyl (C=O) groups excluding carboxylic acids is 1. The minimum absolute atomic E-state index is 0. The lowest BCUT2D eigenvalue weighted by molar-refractivity contribution is -0.898. The van der Waals surface area contributed by atoms with Crippen molar-refractivity contribution in [1.29, 1.82) is 0 Å². The summed E-state index contributed by atoms with van der Waals surface area (Å²) in [6, 6.07) is 7.84. The fourth-order valence-electron chi connectivity index (χ4n) is 3.35. The van der Waals surface area contributed by atoms with Crippen LogP contribution in [-0.2, 0) is 19.9 Å². The third kappa shape index (κ3) is 2.62. The standard InChI is InChI=1S/C17H20NO3S2.CH4/c1-18(2)9-7-16(8-10-18)20-15(19)17(21-16,13-5-3-11-22-13)14-6-4-12-23-14;/h3-6,11-12H,7-10H2,1-2H3;1H4/q+1;. The van der Waals surface area contributed by atoms with E-state index in [1.54, 1.807) is 22.7 Å². The minimum atomic E-state index is -1.09. The van der Waals surface area contributed by atoms with Gasteiger partial charge in [0.2, 0.25) is 11.4 Å². The highest BCUT2D eigenvalue weighted by Gasteiger charge is 2.62. The van der Waals surface area contributed by atoms with Crippen molar-refractivity contribution in [2.75, 3.05) is 27.2 Å². The molecule has 4 rings (SSSR count). The third-order valence-corrected chi connectivity index (χ3v) is 6.78. The maximum absolute atomic E-state index is 13.0. The number of thiophene rings is 2. The molecule has 2 fully saturated rings. The Bertz CT molecular complexity index is 662. The Morgan fingerprint density at radius 1 is 1.04 bits per heavy atom. The summed E-state index contributed by atoms with van der Waals surface area (Å²) in [4.78, 5) is 14.8. The van der Waals surface area contributed by atoms with Gasteiger partial charge in [-0.15, -0.1) is 22.7 Å². The molecule has 0 atom stereocenters. The maximum atomic E-state index is 13.0. The van der Waals surface area contributed by atoms with E-state index in [0.717, 1.165) is 40.2 Å². The first-order valence-corrected chi connectivity index (χ1v) is 9.55. The van der Waals surface area contributed by atoms with Crippen LogP contribution in [0.4, 0.5) is 0 Å². The number of likely N-dealkylation sites (tertiary alicyclic amines) is 1. The van der Waals surface area contributed by atoms with Gasteiger partial charge in [0.15, 0.2) is 0 Å². The van der Waals surface area contributed by atoms with Crippen molar-refractivity contribution in [1.82, 2.24) is 0 Å². The van der Waals surface area contributed by atoms with E-state index in [1.807, 2.05) is 35.0 Å². The van der Waals surface area contributed by atoms with E-state index in [9.17, 15) is 4.79 Å². The molecular formula is C18H24NO3S2+. The zero-order valence-corrected chi connectivity index (χ0v) is 14.9. The van der Waals surface area contributed by atoms with E-state index in [4.69, 9.17) is 9.47 Å². The van der Waals surface area contributed by atoms with Crippen LogP contribution in [0, 0.1) is 0 Å². The summed E-state index contributed by atoms with van der Waals surface area (Å²) >= 11 is 3.09. The molecule has 0 unspecified atom stereocenters. The fraction of sp³-hybridized carbons (Fsp3) is 0.500. The van der Waals surface area contributed by atoms with Crippen LogP contribution in [-0.4, -0.2) is 43.4 Å². The Kier molecular flexibility index (Phi) is 4.36. The summed E-state index contributed by atoms with van der Waals surface area (Å²) in [6.07, 6.45) is 1.48. The Hall–Kier alpha value is -1.21. The first-order valence-electron chi connectivity index (χ1n) is 7.79. The molecule has 0 bridgehead atoms. The molecule has 6 heteroatoms. The SMILES string of the molecule is C.C[N+]1(C)CCC2(CC1)OC(=O)C(c1cccs1)(c1cccs1)O2. The summed E-state index contributed by atoms with van der Waals surface area (Å²) in [6.45, 7) is 1.89. The Balaban J connectivity index is 0.00000169. The van der Waals surface area contributed by atoms with Gasteiger partial charge in [-0.25, -0.2) is 4.79 Å². The monoisotopic (exact) mass is 366 g/mol. The molecule has 0 N–H and O–H groups in total. The minimum Gasteiger partial charge on any atom is -0.430 e. The van der Waals surface area contributed by atoms with Crippen molar-refractivity contribution in [2.24, 2.45) is 0 Å². The number of ether oxygens (including phenoxy) is 2. The molecule has 0 radical (unpaired) electrons. The largest absolute Gasteiger partial charge is 0.430 e. The summed E-state index contributed by atoms with van der Waals surface area (Å²) < 4.78 is 13.3. The van der Waals surface area contributed by atoms with E-state index < -0.39 is 11.4 Å². The molecule has 2 aromatic rings.